The summed E-state index contributed by atoms with van der Waals surface area (Å²) < 4.78 is 0. The number of aliphatic imine (C=N–C) groups is 1. The lowest BCUT2D eigenvalue weighted by atomic mass is 10.0. The van der Waals surface area contributed by atoms with Crippen LogP contribution < -0.4 is 10.6 Å². The normalized spacial score (nSPS) is 11.9. The van der Waals surface area contributed by atoms with Gasteiger partial charge in [-0.05, 0) is 37.0 Å². The zero-order chi connectivity index (χ0) is 27.8. The van der Waals surface area contributed by atoms with Gasteiger partial charge in [0.25, 0.3) is 0 Å². The predicted octanol–water partition coefficient (Wildman–Crippen LogP) is 4.26. The Morgan fingerprint density at radius 1 is 1.03 bits per heavy atom. The van der Waals surface area contributed by atoms with Gasteiger partial charge in [0.15, 0.2) is 0 Å². The third-order valence-corrected chi connectivity index (χ3v) is 5.94. The molecule has 37 heavy (non-hydrogen) atoms. The van der Waals surface area contributed by atoms with Gasteiger partial charge in [-0.1, -0.05) is 63.4 Å². The van der Waals surface area contributed by atoms with Crippen LogP contribution >= 0.6 is 11.6 Å². The summed E-state index contributed by atoms with van der Waals surface area (Å²) in [5, 5.41) is 14.9. The van der Waals surface area contributed by atoms with Crippen molar-refractivity contribution in [2.24, 2.45) is 10.9 Å². The zero-order valence-corrected chi connectivity index (χ0v) is 22.8. The summed E-state index contributed by atoms with van der Waals surface area (Å²) in [5.41, 5.74) is 1.18. The van der Waals surface area contributed by atoms with Crippen molar-refractivity contribution in [2.45, 2.75) is 65.7 Å². The second kappa shape index (κ2) is 17.3. The number of hydrogen-bond acceptors (Lipinski definition) is 5. The van der Waals surface area contributed by atoms with Gasteiger partial charge < -0.3 is 15.7 Å². The SMILES string of the molecule is C=C(/N=C(/CCCCC)N(CC(=O)NCC(=O)NCCC(CCC)C(=O)O)C(C)=O)c1ccc(Cl)cc1. The molecule has 0 heterocycles. The molecule has 1 unspecified atom stereocenters. The maximum Gasteiger partial charge on any atom is 0.306 e. The Hall–Kier alpha value is -3.20. The molecule has 0 saturated carbocycles. The van der Waals surface area contributed by atoms with E-state index in [1.54, 1.807) is 24.3 Å². The molecule has 0 aliphatic heterocycles. The molecule has 1 rings (SSSR count). The summed E-state index contributed by atoms with van der Waals surface area (Å²) in [4.78, 5) is 54.3. The minimum atomic E-state index is -0.885. The van der Waals surface area contributed by atoms with Crippen molar-refractivity contribution >= 4 is 46.8 Å². The second-order valence-electron chi connectivity index (χ2n) is 8.78. The molecular formula is C27H39ClN4O5. The molecule has 0 fully saturated rings. The molecule has 9 nitrogen and oxygen atoms in total. The molecule has 10 heteroatoms. The number of aliphatic carboxylic acids is 1. The van der Waals surface area contributed by atoms with Crippen LogP contribution in [0.2, 0.25) is 5.02 Å². The van der Waals surface area contributed by atoms with Crippen molar-refractivity contribution in [1.82, 2.24) is 15.5 Å². The number of carbonyl (C=O) groups is 4. The van der Waals surface area contributed by atoms with Gasteiger partial charge in [-0.15, -0.1) is 0 Å². The van der Waals surface area contributed by atoms with Crippen LogP contribution in [0.4, 0.5) is 0 Å². The lowest BCUT2D eigenvalue weighted by molar-refractivity contribution is -0.142. The summed E-state index contributed by atoms with van der Waals surface area (Å²) in [5.74, 6) is -2.28. The summed E-state index contributed by atoms with van der Waals surface area (Å²) in [7, 11) is 0. The lowest BCUT2D eigenvalue weighted by Crippen LogP contribution is -2.45. The van der Waals surface area contributed by atoms with Crippen LogP contribution in [-0.4, -0.2) is 59.2 Å². The Morgan fingerprint density at radius 3 is 2.27 bits per heavy atom. The van der Waals surface area contributed by atoms with Crippen molar-refractivity contribution in [3.8, 4) is 0 Å². The monoisotopic (exact) mass is 534 g/mol. The average Bonchev–Trinajstić information content (AvgIpc) is 2.85. The van der Waals surface area contributed by atoms with Crippen LogP contribution in [-0.2, 0) is 19.2 Å². The largest absolute Gasteiger partial charge is 0.481 e. The van der Waals surface area contributed by atoms with Crippen LogP contribution in [0.15, 0.2) is 35.8 Å². The molecule has 0 aliphatic carbocycles. The minimum absolute atomic E-state index is 0.201. The summed E-state index contributed by atoms with van der Waals surface area (Å²) in [6.45, 7) is 8.96. The first-order valence-corrected chi connectivity index (χ1v) is 13.0. The molecule has 0 spiro atoms. The number of halogens is 1. The molecule has 0 aliphatic rings. The highest BCUT2D eigenvalue weighted by Gasteiger charge is 2.21. The maximum atomic E-state index is 12.6. The van der Waals surface area contributed by atoms with Gasteiger partial charge in [0.2, 0.25) is 17.7 Å². The Morgan fingerprint density at radius 2 is 1.70 bits per heavy atom. The van der Waals surface area contributed by atoms with E-state index in [2.05, 4.69) is 29.1 Å². The first-order chi connectivity index (χ1) is 17.6. The molecule has 1 aromatic rings. The van der Waals surface area contributed by atoms with E-state index in [9.17, 15) is 24.3 Å². The molecule has 204 valence electrons. The number of nitrogens with one attached hydrogen (secondary N) is 2. The van der Waals surface area contributed by atoms with Crippen LogP contribution in [0.5, 0.6) is 0 Å². The second-order valence-corrected chi connectivity index (χ2v) is 9.22. The van der Waals surface area contributed by atoms with Gasteiger partial charge in [-0.2, -0.15) is 0 Å². The first-order valence-electron chi connectivity index (χ1n) is 12.7. The fraction of sp³-hybridized carbons (Fsp3) is 0.519. The van der Waals surface area contributed by atoms with Gasteiger partial charge in [0, 0.05) is 24.9 Å². The smallest absolute Gasteiger partial charge is 0.306 e. The van der Waals surface area contributed by atoms with Crippen molar-refractivity contribution in [3.63, 3.8) is 0 Å². The fourth-order valence-electron chi connectivity index (χ4n) is 3.60. The Kier molecular flexibility index (Phi) is 14.9. The number of carboxylic acid groups (broad SMARTS) is 1. The molecule has 0 radical (unpaired) electrons. The number of hydrogen-bond donors (Lipinski definition) is 3. The Labute approximate surface area is 224 Å². The quantitative estimate of drug-likeness (QED) is 0.166. The summed E-state index contributed by atoms with van der Waals surface area (Å²) in [6.07, 6.45) is 4.77. The van der Waals surface area contributed by atoms with Gasteiger partial charge in [0.05, 0.1) is 18.2 Å². The Bertz CT molecular complexity index is 962. The van der Waals surface area contributed by atoms with Crippen molar-refractivity contribution < 1.29 is 24.3 Å². The molecule has 0 aromatic heterocycles. The van der Waals surface area contributed by atoms with Crippen LogP contribution in [0.25, 0.3) is 5.70 Å². The van der Waals surface area contributed by atoms with E-state index in [1.807, 2.05) is 6.92 Å². The van der Waals surface area contributed by atoms with E-state index in [0.717, 1.165) is 31.2 Å². The summed E-state index contributed by atoms with van der Waals surface area (Å²) >= 11 is 5.96. The topological polar surface area (TPSA) is 128 Å². The molecule has 0 saturated heterocycles. The average molecular weight is 535 g/mol. The third-order valence-electron chi connectivity index (χ3n) is 5.69. The van der Waals surface area contributed by atoms with Crippen molar-refractivity contribution in [3.05, 3.63) is 41.4 Å². The predicted molar refractivity (Wildman–Crippen MR) is 146 cm³/mol. The van der Waals surface area contributed by atoms with Gasteiger partial charge in [-0.25, -0.2) is 4.99 Å². The van der Waals surface area contributed by atoms with Crippen molar-refractivity contribution in [1.29, 1.82) is 0 Å². The summed E-state index contributed by atoms with van der Waals surface area (Å²) in [6, 6.07) is 7.01. The molecule has 0 bridgehead atoms. The lowest BCUT2D eigenvalue weighted by Gasteiger charge is -2.23. The van der Waals surface area contributed by atoms with E-state index in [4.69, 9.17) is 11.6 Å². The molecule has 1 aromatic carbocycles. The van der Waals surface area contributed by atoms with Crippen LogP contribution in [0.3, 0.4) is 0 Å². The van der Waals surface area contributed by atoms with E-state index < -0.39 is 23.7 Å². The van der Waals surface area contributed by atoms with Gasteiger partial charge >= 0.3 is 5.97 Å². The minimum Gasteiger partial charge on any atom is -0.481 e. The number of unbranched alkanes of at least 4 members (excludes halogenated alkanes) is 2. The van der Waals surface area contributed by atoms with Crippen LogP contribution in [0, 0.1) is 5.92 Å². The van der Waals surface area contributed by atoms with E-state index in [1.165, 1.54) is 11.8 Å². The van der Waals surface area contributed by atoms with Crippen molar-refractivity contribution in [2.75, 3.05) is 19.6 Å². The zero-order valence-electron chi connectivity index (χ0n) is 22.0. The highest BCUT2D eigenvalue weighted by molar-refractivity contribution is 6.30. The number of benzene rings is 1. The van der Waals surface area contributed by atoms with Crippen LogP contribution in [0.1, 0.15) is 71.3 Å². The molecule has 1 atom stereocenters. The highest BCUT2D eigenvalue weighted by Crippen LogP contribution is 2.19. The van der Waals surface area contributed by atoms with E-state index >= 15 is 0 Å². The number of carbonyl (C=O) groups excluding carboxylic acids is 3. The number of nitrogens with zero attached hydrogens (tertiary/aromatic N) is 2. The fourth-order valence-corrected chi connectivity index (χ4v) is 3.72. The van der Waals surface area contributed by atoms with Gasteiger partial charge in [0.1, 0.15) is 12.4 Å². The molecule has 3 amide bonds. The molecular weight excluding hydrogens is 496 g/mol. The standard InChI is InChI=1S/C27H39ClN4O5/c1-5-7-8-10-24(31-19(3)21-11-13-23(28)14-12-21)32(20(4)33)18-26(35)30-17-25(34)29-16-15-22(9-6-2)27(36)37/h11-14,22H,3,5-10,15-18H2,1-2,4H3,(H,29,34)(H,30,35)(H,36,37)/b31-24-. The van der Waals surface area contributed by atoms with Gasteiger partial charge in [-0.3, -0.25) is 24.1 Å². The first kappa shape index (κ1) is 31.8. The van der Waals surface area contributed by atoms with E-state index in [0.29, 0.717) is 35.8 Å². The number of amides is 3. The number of rotatable bonds is 16. The maximum absolute atomic E-state index is 12.6. The molecule has 3 N–H and O–H groups in total. The highest BCUT2D eigenvalue weighted by atomic mass is 35.5. The number of amidine groups is 1. The van der Waals surface area contributed by atoms with E-state index in [-0.39, 0.29) is 25.5 Å². The Balaban J connectivity index is 2.79. The number of carboxylic acids is 1. The third kappa shape index (κ3) is 12.5.